The molecule has 180 valence electrons. The standard InChI is InChI=1S/C23H31N3O6S/c1-6-24-23(28)17(2)25(15-18-10-8-7-9-11-18)22(27)16-26(33(5,29)30)20-14-19(31-3)12-13-21(20)32-4/h7-14,17H,6,15-16H2,1-5H3,(H,24,28). The van der Waals surface area contributed by atoms with Crippen LogP contribution >= 0.6 is 0 Å². The van der Waals surface area contributed by atoms with Gasteiger partial charge >= 0.3 is 0 Å². The van der Waals surface area contributed by atoms with Gasteiger partial charge in [-0.1, -0.05) is 30.3 Å². The number of nitrogens with one attached hydrogen (secondary N) is 1. The Bertz CT molecular complexity index is 1060. The number of ether oxygens (including phenoxy) is 2. The molecule has 0 fully saturated rings. The van der Waals surface area contributed by atoms with Crippen LogP contribution in [0.4, 0.5) is 5.69 Å². The van der Waals surface area contributed by atoms with Crippen LogP contribution in [-0.2, 0) is 26.2 Å². The first-order valence-corrected chi connectivity index (χ1v) is 12.3. The smallest absolute Gasteiger partial charge is 0.244 e. The van der Waals surface area contributed by atoms with E-state index in [1.54, 1.807) is 26.0 Å². The Morgan fingerprint density at radius 3 is 2.27 bits per heavy atom. The second kappa shape index (κ2) is 11.6. The fourth-order valence-corrected chi connectivity index (χ4v) is 4.12. The molecule has 2 amide bonds. The first-order valence-electron chi connectivity index (χ1n) is 10.4. The lowest BCUT2D eigenvalue weighted by Gasteiger charge is -2.31. The predicted molar refractivity (Wildman–Crippen MR) is 127 cm³/mol. The summed E-state index contributed by atoms with van der Waals surface area (Å²) in [5.74, 6) is -0.191. The summed E-state index contributed by atoms with van der Waals surface area (Å²) in [5, 5.41) is 2.71. The lowest BCUT2D eigenvalue weighted by atomic mass is 10.1. The van der Waals surface area contributed by atoms with Crippen molar-refractivity contribution in [2.75, 3.05) is 37.9 Å². The van der Waals surface area contributed by atoms with Crippen molar-refractivity contribution >= 4 is 27.5 Å². The van der Waals surface area contributed by atoms with Gasteiger partial charge in [-0.05, 0) is 31.5 Å². The highest BCUT2D eigenvalue weighted by atomic mass is 32.2. The topological polar surface area (TPSA) is 105 Å². The van der Waals surface area contributed by atoms with E-state index in [4.69, 9.17) is 9.47 Å². The largest absolute Gasteiger partial charge is 0.497 e. The number of benzene rings is 2. The number of likely N-dealkylation sites (N-methyl/N-ethyl adjacent to an activating group) is 1. The fraction of sp³-hybridized carbons (Fsp3) is 0.391. The van der Waals surface area contributed by atoms with E-state index >= 15 is 0 Å². The van der Waals surface area contributed by atoms with Crippen LogP contribution < -0.4 is 19.1 Å². The third kappa shape index (κ3) is 6.85. The predicted octanol–water partition coefficient (Wildman–Crippen LogP) is 2.02. The van der Waals surface area contributed by atoms with Crippen LogP contribution in [0, 0.1) is 0 Å². The van der Waals surface area contributed by atoms with Crippen molar-refractivity contribution in [1.29, 1.82) is 0 Å². The molecule has 33 heavy (non-hydrogen) atoms. The monoisotopic (exact) mass is 477 g/mol. The lowest BCUT2D eigenvalue weighted by Crippen LogP contribution is -2.51. The Kier molecular flexibility index (Phi) is 9.10. The third-order valence-electron chi connectivity index (χ3n) is 5.05. The molecule has 0 spiro atoms. The van der Waals surface area contributed by atoms with E-state index in [9.17, 15) is 18.0 Å². The summed E-state index contributed by atoms with van der Waals surface area (Å²) >= 11 is 0. The number of nitrogens with zero attached hydrogens (tertiary/aromatic N) is 2. The molecular weight excluding hydrogens is 446 g/mol. The maximum Gasteiger partial charge on any atom is 0.244 e. The van der Waals surface area contributed by atoms with Crippen LogP contribution in [-0.4, -0.2) is 64.7 Å². The molecule has 0 aliphatic heterocycles. The molecule has 1 unspecified atom stereocenters. The van der Waals surface area contributed by atoms with Crippen molar-refractivity contribution in [3.63, 3.8) is 0 Å². The molecule has 0 bridgehead atoms. The van der Waals surface area contributed by atoms with Gasteiger partial charge in [0, 0.05) is 19.2 Å². The van der Waals surface area contributed by atoms with Crippen molar-refractivity contribution in [3.8, 4) is 11.5 Å². The molecule has 9 nitrogen and oxygen atoms in total. The summed E-state index contributed by atoms with van der Waals surface area (Å²) in [5.41, 5.74) is 0.977. The summed E-state index contributed by atoms with van der Waals surface area (Å²) in [6, 6.07) is 13.1. The third-order valence-corrected chi connectivity index (χ3v) is 6.17. The van der Waals surface area contributed by atoms with Crippen LogP contribution in [0.25, 0.3) is 0 Å². The average Bonchev–Trinajstić information content (AvgIpc) is 2.80. The highest BCUT2D eigenvalue weighted by Crippen LogP contribution is 2.33. The number of hydrogen-bond donors (Lipinski definition) is 1. The molecule has 0 heterocycles. The molecule has 10 heteroatoms. The summed E-state index contributed by atoms with van der Waals surface area (Å²) < 4.78 is 36.9. The molecule has 2 aromatic rings. The van der Waals surface area contributed by atoms with Gasteiger partial charge in [0.25, 0.3) is 0 Å². The minimum atomic E-state index is -3.88. The van der Waals surface area contributed by atoms with E-state index in [0.717, 1.165) is 16.1 Å². The van der Waals surface area contributed by atoms with Crippen molar-refractivity contribution in [3.05, 3.63) is 54.1 Å². The number of hydrogen-bond acceptors (Lipinski definition) is 6. The number of sulfonamides is 1. The lowest BCUT2D eigenvalue weighted by molar-refractivity contribution is -0.139. The first-order chi connectivity index (χ1) is 15.6. The van der Waals surface area contributed by atoms with Crippen LogP contribution in [0.3, 0.4) is 0 Å². The highest BCUT2D eigenvalue weighted by Gasteiger charge is 2.31. The second-order valence-electron chi connectivity index (χ2n) is 7.39. The molecule has 0 aliphatic rings. The van der Waals surface area contributed by atoms with Gasteiger partial charge in [0.1, 0.15) is 24.1 Å². The Balaban J connectivity index is 2.46. The van der Waals surface area contributed by atoms with E-state index in [2.05, 4.69) is 5.32 Å². The number of carbonyl (C=O) groups excluding carboxylic acids is 2. The van der Waals surface area contributed by atoms with Crippen molar-refractivity contribution in [2.45, 2.75) is 26.4 Å². The maximum atomic E-state index is 13.5. The zero-order chi connectivity index (χ0) is 24.6. The van der Waals surface area contributed by atoms with Crippen molar-refractivity contribution in [2.24, 2.45) is 0 Å². The zero-order valence-electron chi connectivity index (χ0n) is 19.6. The summed E-state index contributed by atoms with van der Waals surface area (Å²) in [7, 11) is -1.02. The molecule has 1 atom stereocenters. The molecule has 2 aromatic carbocycles. The van der Waals surface area contributed by atoms with Gasteiger partial charge in [0.2, 0.25) is 21.8 Å². The van der Waals surface area contributed by atoms with Gasteiger partial charge in [-0.2, -0.15) is 0 Å². The SMILES string of the molecule is CCNC(=O)C(C)N(Cc1ccccc1)C(=O)CN(c1cc(OC)ccc1OC)S(C)(=O)=O. The van der Waals surface area contributed by atoms with E-state index in [1.807, 2.05) is 30.3 Å². The van der Waals surface area contributed by atoms with Crippen LogP contribution in [0.2, 0.25) is 0 Å². The molecule has 0 saturated carbocycles. The quantitative estimate of drug-likeness (QED) is 0.531. The summed E-state index contributed by atoms with van der Waals surface area (Å²) in [6.45, 7) is 3.44. The van der Waals surface area contributed by atoms with E-state index in [0.29, 0.717) is 12.3 Å². The molecule has 0 saturated heterocycles. The molecule has 0 aliphatic carbocycles. The van der Waals surface area contributed by atoms with E-state index in [1.165, 1.54) is 25.2 Å². The molecular formula is C23H31N3O6S. The second-order valence-corrected chi connectivity index (χ2v) is 9.29. The Morgan fingerprint density at radius 2 is 1.73 bits per heavy atom. The van der Waals surface area contributed by atoms with Gasteiger partial charge in [-0.25, -0.2) is 8.42 Å². The van der Waals surface area contributed by atoms with E-state index in [-0.39, 0.29) is 23.9 Å². The van der Waals surface area contributed by atoms with Crippen molar-refractivity contribution < 1.29 is 27.5 Å². The summed E-state index contributed by atoms with van der Waals surface area (Å²) in [6.07, 6.45) is 1.01. The maximum absolute atomic E-state index is 13.5. The van der Waals surface area contributed by atoms with Crippen LogP contribution in [0.5, 0.6) is 11.5 Å². The molecule has 2 rings (SSSR count). The molecule has 1 N–H and O–H groups in total. The minimum absolute atomic E-state index is 0.144. The highest BCUT2D eigenvalue weighted by molar-refractivity contribution is 7.92. The van der Waals surface area contributed by atoms with Crippen molar-refractivity contribution in [1.82, 2.24) is 10.2 Å². The molecule has 0 radical (unpaired) electrons. The minimum Gasteiger partial charge on any atom is -0.497 e. The molecule has 0 aromatic heterocycles. The fourth-order valence-electron chi connectivity index (χ4n) is 3.27. The first kappa shape index (κ1) is 26.0. The Labute approximate surface area is 195 Å². The number of rotatable bonds is 11. The van der Waals surface area contributed by atoms with Crippen LogP contribution in [0.1, 0.15) is 19.4 Å². The summed E-state index contributed by atoms with van der Waals surface area (Å²) in [4.78, 5) is 27.4. The van der Waals surface area contributed by atoms with Gasteiger partial charge in [-0.3, -0.25) is 13.9 Å². The van der Waals surface area contributed by atoms with Gasteiger partial charge in [0.15, 0.2) is 0 Å². The van der Waals surface area contributed by atoms with Gasteiger partial charge in [-0.15, -0.1) is 0 Å². The average molecular weight is 478 g/mol. The number of amides is 2. The number of carbonyl (C=O) groups is 2. The van der Waals surface area contributed by atoms with Crippen LogP contribution in [0.15, 0.2) is 48.5 Å². The van der Waals surface area contributed by atoms with E-state index < -0.39 is 28.5 Å². The van der Waals surface area contributed by atoms with Gasteiger partial charge < -0.3 is 19.7 Å². The normalized spacial score (nSPS) is 11.9. The number of anilines is 1. The number of methoxy groups -OCH3 is 2. The van der Waals surface area contributed by atoms with Gasteiger partial charge in [0.05, 0.1) is 26.2 Å². The zero-order valence-corrected chi connectivity index (χ0v) is 20.4. The Morgan fingerprint density at radius 1 is 1.06 bits per heavy atom. The Hall–Kier alpha value is -3.27.